The van der Waals surface area contributed by atoms with Crippen molar-refractivity contribution in [3.05, 3.63) is 42.1 Å². The first-order valence-electron chi connectivity index (χ1n) is 6.66. The number of nitrogens with zero attached hydrogens (tertiary/aromatic N) is 1. The van der Waals surface area contributed by atoms with Crippen molar-refractivity contribution < 1.29 is 41.8 Å². The smallest absolute Gasteiger partial charge is 0.484 e. The molecule has 1 aromatic carbocycles. The lowest BCUT2D eigenvalue weighted by Crippen LogP contribution is -2.28. The SMILES string of the molecule is O=C(COc1ccc(OC(F)(F)F)cc1)NCc1nc(C(=O)O)co1. The number of benzene rings is 1. The summed E-state index contributed by atoms with van der Waals surface area (Å²) in [6.45, 7) is -0.556. The Bertz CT molecular complexity index is 742. The van der Waals surface area contributed by atoms with E-state index in [1.807, 2.05) is 0 Å². The molecule has 8 nitrogen and oxygen atoms in total. The van der Waals surface area contributed by atoms with E-state index < -0.39 is 30.6 Å². The number of alkyl halides is 3. The molecule has 0 aliphatic carbocycles. The Morgan fingerprint density at radius 2 is 1.84 bits per heavy atom. The van der Waals surface area contributed by atoms with E-state index in [1.54, 1.807) is 0 Å². The van der Waals surface area contributed by atoms with Crippen LogP contribution >= 0.6 is 0 Å². The number of nitrogens with one attached hydrogen (secondary N) is 1. The number of aromatic nitrogens is 1. The zero-order valence-electron chi connectivity index (χ0n) is 12.4. The molecule has 1 heterocycles. The molecule has 2 aromatic rings. The fourth-order valence-electron chi connectivity index (χ4n) is 1.60. The predicted octanol–water partition coefficient (Wildman–Crippen LogP) is 1.97. The van der Waals surface area contributed by atoms with Crippen LogP contribution in [0.2, 0.25) is 0 Å². The molecular formula is C14H11F3N2O6. The zero-order chi connectivity index (χ0) is 18.4. The summed E-state index contributed by atoms with van der Waals surface area (Å²) in [5.74, 6) is -2.08. The third kappa shape index (κ3) is 6.05. The van der Waals surface area contributed by atoms with E-state index in [0.29, 0.717) is 0 Å². The number of carbonyl (C=O) groups is 2. The van der Waals surface area contributed by atoms with E-state index in [9.17, 15) is 22.8 Å². The Hall–Kier alpha value is -3.24. The lowest BCUT2D eigenvalue weighted by Gasteiger charge is -2.10. The van der Waals surface area contributed by atoms with Crippen molar-refractivity contribution in [2.24, 2.45) is 0 Å². The van der Waals surface area contributed by atoms with Crippen molar-refractivity contribution in [1.82, 2.24) is 10.3 Å². The van der Waals surface area contributed by atoms with Crippen LogP contribution in [0.25, 0.3) is 0 Å². The number of ether oxygens (including phenoxy) is 2. The van der Waals surface area contributed by atoms with Gasteiger partial charge >= 0.3 is 12.3 Å². The highest BCUT2D eigenvalue weighted by molar-refractivity contribution is 5.84. The van der Waals surface area contributed by atoms with Crippen molar-refractivity contribution in [3.63, 3.8) is 0 Å². The monoisotopic (exact) mass is 360 g/mol. The molecule has 11 heteroatoms. The standard InChI is InChI=1S/C14H11F3N2O6/c15-14(16,17)25-9-3-1-8(2-4-9)23-7-11(20)18-5-12-19-10(6-24-12)13(21)22/h1-4,6H,5,7H2,(H,18,20)(H,21,22). The lowest BCUT2D eigenvalue weighted by molar-refractivity contribution is -0.274. The van der Waals surface area contributed by atoms with Crippen LogP contribution in [-0.4, -0.2) is 34.9 Å². The van der Waals surface area contributed by atoms with Gasteiger partial charge in [-0.1, -0.05) is 0 Å². The van der Waals surface area contributed by atoms with Gasteiger partial charge in [-0.2, -0.15) is 0 Å². The number of oxazole rings is 1. The van der Waals surface area contributed by atoms with E-state index in [0.717, 1.165) is 18.4 Å². The molecule has 2 rings (SSSR count). The molecule has 0 saturated carbocycles. The van der Waals surface area contributed by atoms with Crippen LogP contribution in [0.4, 0.5) is 13.2 Å². The molecular weight excluding hydrogens is 349 g/mol. The average molecular weight is 360 g/mol. The van der Waals surface area contributed by atoms with Gasteiger partial charge in [-0.05, 0) is 24.3 Å². The maximum absolute atomic E-state index is 12.0. The molecule has 0 aliphatic heterocycles. The Morgan fingerprint density at radius 1 is 1.20 bits per heavy atom. The molecule has 1 aromatic heterocycles. The average Bonchev–Trinajstić information content (AvgIpc) is 3.00. The molecule has 0 radical (unpaired) electrons. The van der Waals surface area contributed by atoms with Gasteiger partial charge in [0.05, 0.1) is 6.54 Å². The van der Waals surface area contributed by atoms with Crippen LogP contribution in [0.3, 0.4) is 0 Å². The maximum atomic E-state index is 12.0. The number of carbonyl (C=O) groups excluding carboxylic acids is 1. The molecule has 0 atom stereocenters. The number of halogens is 3. The second-order valence-corrected chi connectivity index (χ2v) is 4.52. The third-order valence-electron chi connectivity index (χ3n) is 2.63. The summed E-state index contributed by atoms with van der Waals surface area (Å²) in [6.07, 6.45) is -3.85. The van der Waals surface area contributed by atoms with Gasteiger partial charge in [0.1, 0.15) is 17.8 Å². The van der Waals surface area contributed by atoms with E-state index >= 15 is 0 Å². The molecule has 0 aliphatic rings. The van der Waals surface area contributed by atoms with Gasteiger partial charge in [-0.15, -0.1) is 13.2 Å². The van der Waals surface area contributed by atoms with Crippen LogP contribution < -0.4 is 14.8 Å². The van der Waals surface area contributed by atoms with Gasteiger partial charge in [-0.3, -0.25) is 4.79 Å². The molecule has 1 amide bonds. The van der Waals surface area contributed by atoms with Crippen molar-refractivity contribution in [2.45, 2.75) is 12.9 Å². The summed E-state index contributed by atoms with van der Waals surface area (Å²) in [5.41, 5.74) is -0.290. The highest BCUT2D eigenvalue weighted by atomic mass is 19.4. The summed E-state index contributed by atoms with van der Waals surface area (Å²) >= 11 is 0. The molecule has 134 valence electrons. The number of amides is 1. The van der Waals surface area contributed by atoms with E-state index in [-0.39, 0.29) is 23.9 Å². The molecule has 0 spiro atoms. The van der Waals surface area contributed by atoms with Gasteiger partial charge in [-0.25, -0.2) is 9.78 Å². The second-order valence-electron chi connectivity index (χ2n) is 4.52. The molecule has 0 fully saturated rings. The summed E-state index contributed by atoms with van der Waals surface area (Å²) in [7, 11) is 0. The molecule has 25 heavy (non-hydrogen) atoms. The first kappa shape index (κ1) is 18.1. The summed E-state index contributed by atoms with van der Waals surface area (Å²) in [6, 6.07) is 4.50. The fourth-order valence-corrected chi connectivity index (χ4v) is 1.60. The minimum Gasteiger partial charge on any atom is -0.484 e. The van der Waals surface area contributed by atoms with E-state index in [4.69, 9.17) is 14.3 Å². The van der Waals surface area contributed by atoms with Crippen LogP contribution in [-0.2, 0) is 11.3 Å². The van der Waals surface area contributed by atoms with Gasteiger partial charge in [0.25, 0.3) is 5.91 Å². The van der Waals surface area contributed by atoms with E-state index in [1.165, 1.54) is 12.1 Å². The second kappa shape index (κ2) is 7.55. The van der Waals surface area contributed by atoms with Crippen LogP contribution in [0.5, 0.6) is 11.5 Å². The summed E-state index contributed by atoms with van der Waals surface area (Å²) in [5, 5.41) is 11.0. The Labute approximate surface area is 138 Å². The molecule has 0 bridgehead atoms. The van der Waals surface area contributed by atoms with Crippen LogP contribution in [0, 0.1) is 0 Å². The van der Waals surface area contributed by atoms with Crippen LogP contribution in [0.15, 0.2) is 34.9 Å². The maximum Gasteiger partial charge on any atom is 0.573 e. The largest absolute Gasteiger partial charge is 0.573 e. The topological polar surface area (TPSA) is 111 Å². The first-order valence-corrected chi connectivity index (χ1v) is 6.66. The van der Waals surface area contributed by atoms with E-state index in [2.05, 4.69) is 15.0 Å². The molecule has 2 N–H and O–H groups in total. The summed E-state index contributed by atoms with van der Waals surface area (Å²) in [4.78, 5) is 25.8. The lowest BCUT2D eigenvalue weighted by atomic mass is 10.3. The third-order valence-corrected chi connectivity index (χ3v) is 2.63. The van der Waals surface area contributed by atoms with Crippen molar-refractivity contribution in [1.29, 1.82) is 0 Å². The normalized spacial score (nSPS) is 11.0. The molecule has 0 saturated heterocycles. The minimum absolute atomic E-state index is 0.000553. The minimum atomic E-state index is -4.79. The zero-order valence-corrected chi connectivity index (χ0v) is 12.4. The van der Waals surface area contributed by atoms with Crippen molar-refractivity contribution in [3.8, 4) is 11.5 Å². The van der Waals surface area contributed by atoms with Crippen LogP contribution in [0.1, 0.15) is 16.4 Å². The number of aromatic carboxylic acids is 1. The van der Waals surface area contributed by atoms with Gasteiger partial charge in [0.15, 0.2) is 12.3 Å². The van der Waals surface area contributed by atoms with Gasteiger partial charge in [0, 0.05) is 0 Å². The first-order chi connectivity index (χ1) is 11.7. The Kier molecular flexibility index (Phi) is 5.47. The van der Waals surface area contributed by atoms with Crippen molar-refractivity contribution in [2.75, 3.05) is 6.61 Å². The quantitative estimate of drug-likeness (QED) is 0.776. The number of rotatable bonds is 7. The highest BCUT2D eigenvalue weighted by Crippen LogP contribution is 2.24. The number of hydrogen-bond acceptors (Lipinski definition) is 6. The fraction of sp³-hybridized carbons (Fsp3) is 0.214. The van der Waals surface area contributed by atoms with Gasteiger partial charge in [0.2, 0.25) is 5.89 Å². The number of carboxylic acid groups (broad SMARTS) is 1. The predicted molar refractivity (Wildman–Crippen MR) is 73.9 cm³/mol. The Balaban J connectivity index is 1.76. The summed E-state index contributed by atoms with van der Waals surface area (Å²) < 4.78 is 49.7. The number of carboxylic acids is 1. The molecule has 0 unspecified atom stereocenters. The number of hydrogen-bond donors (Lipinski definition) is 2. The Morgan fingerprint density at radius 3 is 2.40 bits per heavy atom. The van der Waals surface area contributed by atoms with Crippen molar-refractivity contribution >= 4 is 11.9 Å². The van der Waals surface area contributed by atoms with Gasteiger partial charge < -0.3 is 24.3 Å². The highest BCUT2D eigenvalue weighted by Gasteiger charge is 2.30.